The van der Waals surface area contributed by atoms with Crippen LogP contribution in [0.5, 0.6) is 0 Å². The molecule has 0 aromatic rings. The molecule has 0 aromatic carbocycles. The van der Waals surface area contributed by atoms with Gasteiger partial charge in [0.25, 0.3) is 0 Å². The molecule has 0 saturated carbocycles. The fourth-order valence-corrected chi connectivity index (χ4v) is 1.99. The van der Waals surface area contributed by atoms with E-state index in [-0.39, 0.29) is 6.10 Å². The van der Waals surface area contributed by atoms with Gasteiger partial charge in [0, 0.05) is 13.0 Å². The lowest BCUT2D eigenvalue weighted by Crippen LogP contribution is -2.43. The lowest BCUT2D eigenvalue weighted by Gasteiger charge is -2.26. The fourth-order valence-electron chi connectivity index (χ4n) is 1.99. The van der Waals surface area contributed by atoms with Gasteiger partial charge in [-0.25, -0.2) is 0 Å². The Morgan fingerprint density at radius 2 is 2.00 bits per heavy atom. The molecule has 0 saturated heterocycles. The second-order valence-corrected chi connectivity index (χ2v) is 4.92. The first-order chi connectivity index (χ1) is 8.08. The summed E-state index contributed by atoms with van der Waals surface area (Å²) in [5, 5.41) is 12.3. The summed E-state index contributed by atoms with van der Waals surface area (Å²) in [6, 6.07) is 2.33. The number of nitrogens with zero attached hydrogens (tertiary/aromatic N) is 1. The second-order valence-electron chi connectivity index (χ2n) is 4.92. The first-order valence-electron chi connectivity index (χ1n) is 6.85. The molecule has 3 nitrogen and oxygen atoms in total. The van der Waals surface area contributed by atoms with E-state index >= 15 is 0 Å². The van der Waals surface area contributed by atoms with Crippen LogP contribution in [0.3, 0.4) is 0 Å². The first-order valence-corrected chi connectivity index (χ1v) is 6.85. The van der Waals surface area contributed by atoms with Crippen LogP contribution in [0.2, 0.25) is 0 Å². The molecule has 0 aliphatic heterocycles. The Balaban J connectivity index is 3.76. The predicted molar refractivity (Wildman–Crippen MR) is 71.9 cm³/mol. The van der Waals surface area contributed by atoms with Crippen molar-refractivity contribution in [2.75, 3.05) is 13.2 Å². The Morgan fingerprint density at radius 1 is 1.29 bits per heavy atom. The quantitative estimate of drug-likeness (QED) is 0.596. The van der Waals surface area contributed by atoms with Crippen molar-refractivity contribution in [2.45, 2.75) is 71.4 Å². The Hall–Kier alpha value is -0.590. The molecular weight excluding hydrogens is 212 g/mol. The van der Waals surface area contributed by atoms with Gasteiger partial charge >= 0.3 is 0 Å². The Morgan fingerprint density at radius 3 is 2.53 bits per heavy atom. The zero-order valence-electron chi connectivity index (χ0n) is 11.9. The monoisotopic (exact) mass is 240 g/mol. The molecule has 2 unspecified atom stereocenters. The summed E-state index contributed by atoms with van der Waals surface area (Å²) < 4.78 is 5.74. The van der Waals surface area contributed by atoms with Gasteiger partial charge in [-0.2, -0.15) is 5.26 Å². The molecule has 0 bridgehead atoms. The minimum atomic E-state index is -0.461. The third kappa shape index (κ3) is 8.18. The van der Waals surface area contributed by atoms with Gasteiger partial charge in [-0.3, -0.25) is 5.32 Å². The van der Waals surface area contributed by atoms with Gasteiger partial charge in [-0.05, 0) is 26.8 Å². The lowest BCUT2D eigenvalue weighted by molar-refractivity contribution is 0.0454. The van der Waals surface area contributed by atoms with Crippen LogP contribution in [-0.4, -0.2) is 24.8 Å². The number of nitriles is 1. The van der Waals surface area contributed by atoms with E-state index in [9.17, 15) is 0 Å². The molecule has 100 valence electrons. The Kier molecular flexibility index (Phi) is 9.11. The average Bonchev–Trinajstić information content (AvgIpc) is 2.29. The minimum absolute atomic E-state index is 0.139. The van der Waals surface area contributed by atoms with Crippen molar-refractivity contribution in [3.05, 3.63) is 0 Å². The zero-order valence-corrected chi connectivity index (χ0v) is 11.9. The molecule has 0 aliphatic carbocycles. The van der Waals surface area contributed by atoms with Crippen LogP contribution in [0.25, 0.3) is 0 Å². The molecule has 0 heterocycles. The summed E-state index contributed by atoms with van der Waals surface area (Å²) in [6.07, 6.45) is 5.79. The molecule has 2 atom stereocenters. The van der Waals surface area contributed by atoms with Crippen LogP contribution < -0.4 is 5.32 Å². The minimum Gasteiger partial charge on any atom is -0.378 e. The number of hydrogen-bond donors (Lipinski definition) is 1. The summed E-state index contributed by atoms with van der Waals surface area (Å²) in [4.78, 5) is 0. The third-order valence-electron chi connectivity index (χ3n) is 2.91. The van der Waals surface area contributed by atoms with Crippen LogP contribution in [0.4, 0.5) is 0 Å². The van der Waals surface area contributed by atoms with Crippen molar-refractivity contribution in [3.8, 4) is 6.07 Å². The van der Waals surface area contributed by atoms with Gasteiger partial charge < -0.3 is 4.74 Å². The van der Waals surface area contributed by atoms with Gasteiger partial charge in [-0.1, -0.05) is 33.1 Å². The van der Waals surface area contributed by atoms with Gasteiger partial charge in [0.15, 0.2) is 0 Å². The molecule has 0 radical (unpaired) electrons. The maximum Gasteiger partial charge on any atom is 0.106 e. The number of ether oxygens (including phenoxy) is 1. The van der Waals surface area contributed by atoms with E-state index in [1.165, 1.54) is 19.3 Å². The summed E-state index contributed by atoms with van der Waals surface area (Å²) in [5.41, 5.74) is -0.461. The normalized spacial score (nSPS) is 16.2. The molecule has 0 aromatic heterocycles. The number of unbranched alkanes of at least 4 members (excludes halogenated alkanes) is 3. The van der Waals surface area contributed by atoms with Crippen LogP contribution in [-0.2, 0) is 4.74 Å². The van der Waals surface area contributed by atoms with Gasteiger partial charge in [0.05, 0.1) is 12.2 Å². The van der Waals surface area contributed by atoms with Crippen LogP contribution in [0, 0.1) is 11.3 Å². The van der Waals surface area contributed by atoms with Crippen molar-refractivity contribution in [2.24, 2.45) is 0 Å². The van der Waals surface area contributed by atoms with E-state index in [1.807, 2.05) is 20.8 Å². The summed E-state index contributed by atoms with van der Waals surface area (Å²) >= 11 is 0. The fraction of sp³-hybridized carbons (Fsp3) is 0.929. The van der Waals surface area contributed by atoms with Gasteiger partial charge in [0.2, 0.25) is 0 Å². The molecule has 0 spiro atoms. The number of nitrogens with one attached hydrogen (secondary N) is 1. The highest BCUT2D eigenvalue weighted by atomic mass is 16.5. The summed E-state index contributed by atoms with van der Waals surface area (Å²) in [7, 11) is 0. The van der Waals surface area contributed by atoms with Crippen molar-refractivity contribution < 1.29 is 4.74 Å². The molecule has 0 rings (SSSR count). The highest BCUT2D eigenvalue weighted by molar-refractivity contribution is 5.04. The molecule has 0 fully saturated rings. The van der Waals surface area contributed by atoms with Crippen LogP contribution >= 0.6 is 0 Å². The van der Waals surface area contributed by atoms with Gasteiger partial charge in [0.1, 0.15) is 5.54 Å². The van der Waals surface area contributed by atoms with Crippen molar-refractivity contribution >= 4 is 0 Å². The first kappa shape index (κ1) is 16.4. The number of rotatable bonds is 10. The zero-order chi connectivity index (χ0) is 13.1. The standard InChI is InChI=1S/C14H28N2O/c1-5-7-8-9-10-17-13(3)11-14(4,12-15)16-6-2/h13,16H,5-11H2,1-4H3. The maximum atomic E-state index is 9.14. The molecule has 3 heteroatoms. The third-order valence-corrected chi connectivity index (χ3v) is 2.91. The van der Waals surface area contributed by atoms with E-state index in [0.29, 0.717) is 0 Å². The largest absolute Gasteiger partial charge is 0.378 e. The van der Waals surface area contributed by atoms with E-state index in [4.69, 9.17) is 10.00 Å². The average molecular weight is 240 g/mol. The highest BCUT2D eigenvalue weighted by Crippen LogP contribution is 2.14. The number of hydrogen-bond acceptors (Lipinski definition) is 3. The predicted octanol–water partition coefficient (Wildman–Crippen LogP) is 3.25. The van der Waals surface area contributed by atoms with E-state index < -0.39 is 5.54 Å². The second kappa shape index (κ2) is 9.44. The molecule has 1 N–H and O–H groups in total. The maximum absolute atomic E-state index is 9.14. The van der Waals surface area contributed by atoms with Crippen LogP contribution in [0.15, 0.2) is 0 Å². The molecular formula is C14H28N2O. The molecule has 0 amide bonds. The van der Waals surface area contributed by atoms with Crippen molar-refractivity contribution in [1.29, 1.82) is 5.26 Å². The Labute approximate surface area is 107 Å². The Bertz CT molecular complexity index is 225. The smallest absolute Gasteiger partial charge is 0.106 e. The SMILES string of the molecule is CCCCCCOC(C)CC(C)(C#N)NCC. The highest BCUT2D eigenvalue weighted by Gasteiger charge is 2.25. The van der Waals surface area contributed by atoms with E-state index in [1.54, 1.807) is 0 Å². The summed E-state index contributed by atoms with van der Waals surface area (Å²) in [5.74, 6) is 0. The molecule has 17 heavy (non-hydrogen) atoms. The van der Waals surface area contributed by atoms with Gasteiger partial charge in [-0.15, -0.1) is 0 Å². The molecule has 0 aliphatic rings. The lowest BCUT2D eigenvalue weighted by atomic mass is 9.96. The topological polar surface area (TPSA) is 45.0 Å². The van der Waals surface area contributed by atoms with Crippen molar-refractivity contribution in [1.82, 2.24) is 5.32 Å². The summed E-state index contributed by atoms with van der Waals surface area (Å²) in [6.45, 7) is 9.84. The van der Waals surface area contributed by atoms with Crippen LogP contribution in [0.1, 0.15) is 59.8 Å². The van der Waals surface area contributed by atoms with E-state index in [0.717, 1.165) is 26.0 Å². The van der Waals surface area contributed by atoms with Crippen molar-refractivity contribution in [3.63, 3.8) is 0 Å². The van der Waals surface area contributed by atoms with E-state index in [2.05, 4.69) is 18.3 Å².